The van der Waals surface area contributed by atoms with Crippen molar-refractivity contribution >= 4 is 93.8 Å². The highest BCUT2D eigenvalue weighted by molar-refractivity contribution is 9.11. The van der Waals surface area contributed by atoms with Crippen LogP contribution in [0, 0.1) is 0 Å². The second-order valence-corrected chi connectivity index (χ2v) is 13.8. The van der Waals surface area contributed by atoms with Gasteiger partial charge in [-0.05, 0) is 80.1 Å². The fourth-order valence-corrected chi connectivity index (χ4v) is 9.76. The zero-order chi connectivity index (χ0) is 26.8. The van der Waals surface area contributed by atoms with Crippen LogP contribution in [0.5, 0.6) is 0 Å². The molecule has 0 saturated heterocycles. The van der Waals surface area contributed by atoms with Crippen LogP contribution in [0.1, 0.15) is 49.9 Å². The van der Waals surface area contributed by atoms with Gasteiger partial charge in [0.05, 0.1) is 8.95 Å². The Bertz CT molecular complexity index is 1490. The van der Waals surface area contributed by atoms with E-state index in [2.05, 4.69) is 155 Å². The molecule has 1 aromatic heterocycles. The lowest BCUT2D eigenvalue weighted by molar-refractivity contribution is 0.503. The summed E-state index contributed by atoms with van der Waals surface area (Å²) in [5.74, 6) is 0. The lowest BCUT2D eigenvalue weighted by atomic mass is 9.99. The molecule has 0 aliphatic rings. The number of fused-ring (bicyclic) bond motifs is 3. The fourth-order valence-electron chi connectivity index (χ4n) is 4.92. The van der Waals surface area contributed by atoms with Crippen molar-refractivity contribution in [2.24, 2.45) is 0 Å². The van der Waals surface area contributed by atoms with Crippen molar-refractivity contribution in [3.05, 3.63) is 114 Å². The Kier molecular flexibility index (Phi) is 9.24. The van der Waals surface area contributed by atoms with Gasteiger partial charge in [-0.25, -0.2) is 0 Å². The molecule has 38 heavy (non-hydrogen) atoms. The van der Waals surface area contributed by atoms with Crippen LogP contribution in [0.15, 0.2) is 111 Å². The van der Waals surface area contributed by atoms with Crippen LogP contribution in [0.25, 0.3) is 21.9 Å². The SMILES string of the molecule is CC[C@@H](c1ccccc1)N([C@@H](CC)c1ccccc1)p1oc2c(Br)cc(Br)cc2c2cc(Br)cc(Br)c2o1. The van der Waals surface area contributed by atoms with Gasteiger partial charge in [-0.1, -0.05) is 106 Å². The molecule has 0 spiro atoms. The molecule has 196 valence electrons. The van der Waals surface area contributed by atoms with Gasteiger partial charge >= 0.3 is 8.16 Å². The highest BCUT2D eigenvalue weighted by Gasteiger charge is 2.32. The van der Waals surface area contributed by atoms with E-state index >= 15 is 0 Å². The molecule has 0 radical (unpaired) electrons. The lowest BCUT2D eigenvalue weighted by Crippen LogP contribution is -2.30. The number of halogens is 4. The summed E-state index contributed by atoms with van der Waals surface area (Å²) in [5, 5.41) is 1.93. The number of nitrogens with zero attached hydrogens (tertiary/aromatic N) is 1. The molecule has 8 heteroatoms. The van der Waals surface area contributed by atoms with Gasteiger partial charge in [0.25, 0.3) is 0 Å². The maximum atomic E-state index is 6.96. The highest BCUT2D eigenvalue weighted by atomic mass is 79.9. The maximum absolute atomic E-state index is 6.96. The zero-order valence-electron chi connectivity index (χ0n) is 20.9. The largest absolute Gasteiger partial charge is 0.407 e. The van der Waals surface area contributed by atoms with Crippen LogP contribution in [0.3, 0.4) is 0 Å². The second-order valence-electron chi connectivity index (χ2n) is 9.00. The monoisotopic (exact) mass is 779 g/mol. The van der Waals surface area contributed by atoms with Crippen molar-refractivity contribution in [3.8, 4) is 0 Å². The van der Waals surface area contributed by atoms with E-state index in [9.17, 15) is 0 Å². The normalized spacial score (nSPS) is 13.2. The van der Waals surface area contributed by atoms with Crippen molar-refractivity contribution in [1.82, 2.24) is 0 Å². The third-order valence-corrected chi connectivity index (χ3v) is 10.3. The molecule has 1 heterocycles. The summed E-state index contributed by atoms with van der Waals surface area (Å²) < 4.78 is 20.0. The predicted molar refractivity (Wildman–Crippen MR) is 174 cm³/mol. The van der Waals surface area contributed by atoms with Crippen LogP contribution in [-0.4, -0.2) is 0 Å². The van der Waals surface area contributed by atoms with E-state index in [0.29, 0.717) is 0 Å². The first-order valence-corrected chi connectivity index (χ1v) is 16.7. The molecule has 0 aliphatic carbocycles. The van der Waals surface area contributed by atoms with E-state index in [-0.39, 0.29) is 12.1 Å². The topological polar surface area (TPSA) is 29.5 Å². The van der Waals surface area contributed by atoms with Crippen LogP contribution >= 0.6 is 71.9 Å². The van der Waals surface area contributed by atoms with E-state index in [1.54, 1.807) is 0 Å². The second kappa shape index (κ2) is 12.4. The first-order valence-electron chi connectivity index (χ1n) is 12.4. The number of hydrogen-bond donors (Lipinski definition) is 0. The van der Waals surface area contributed by atoms with Crippen molar-refractivity contribution in [2.75, 3.05) is 4.67 Å². The summed E-state index contributed by atoms with van der Waals surface area (Å²) in [7, 11) is -1.58. The highest BCUT2D eigenvalue weighted by Crippen LogP contribution is 2.50. The molecule has 3 nitrogen and oxygen atoms in total. The first-order chi connectivity index (χ1) is 18.4. The van der Waals surface area contributed by atoms with Gasteiger partial charge in [-0.15, -0.1) is 0 Å². The molecule has 0 aliphatic heterocycles. The number of hydrogen-bond acceptors (Lipinski definition) is 3. The van der Waals surface area contributed by atoms with E-state index in [1.807, 2.05) is 12.1 Å². The fraction of sp³-hybridized carbons (Fsp3) is 0.200. The number of benzene rings is 4. The smallest absolute Gasteiger partial charge is 0.310 e. The quantitative estimate of drug-likeness (QED) is 0.165. The molecular weight excluding hydrogens is 757 g/mol. The molecule has 5 aromatic rings. The minimum Gasteiger partial charge on any atom is -0.407 e. The molecule has 2 atom stereocenters. The molecule has 0 fully saturated rings. The summed E-state index contributed by atoms with van der Waals surface area (Å²) in [5.41, 5.74) is 4.04. The summed E-state index contributed by atoms with van der Waals surface area (Å²) >= 11 is 14.9. The maximum Gasteiger partial charge on any atom is 0.310 e. The summed E-state index contributed by atoms with van der Waals surface area (Å²) in [6.07, 6.45) is 1.81. The Balaban J connectivity index is 1.90. The summed E-state index contributed by atoms with van der Waals surface area (Å²) in [6.45, 7) is 4.47. The van der Waals surface area contributed by atoms with Crippen LogP contribution in [-0.2, 0) is 0 Å². The van der Waals surface area contributed by atoms with Gasteiger partial charge in [0.15, 0.2) is 11.2 Å². The molecule has 0 amide bonds. The van der Waals surface area contributed by atoms with E-state index < -0.39 is 8.16 Å². The third-order valence-electron chi connectivity index (χ3n) is 6.61. The molecule has 4 aromatic carbocycles. The Morgan fingerprint density at radius 2 is 1.03 bits per heavy atom. The Morgan fingerprint density at radius 1 is 0.632 bits per heavy atom. The average Bonchev–Trinajstić information content (AvgIpc) is 3.07. The van der Waals surface area contributed by atoms with Gasteiger partial charge in [-0.2, -0.15) is 4.67 Å². The van der Waals surface area contributed by atoms with Gasteiger partial charge in [0.1, 0.15) is 0 Å². The molecule has 0 saturated carbocycles. The van der Waals surface area contributed by atoms with Crippen LogP contribution in [0.2, 0.25) is 0 Å². The standard InChI is InChI=1S/C30H26Br4NO2P/c1-3-27(19-11-7-5-8-12-19)35(28(4-2)20-13-9-6-10-14-20)38-36-29-23(15-21(31)17-25(29)33)24-16-22(32)18-26(34)30(24)37-38/h5-18,27-28H,3-4H2,1-2H3/t27-,28-/m0/s1. The van der Waals surface area contributed by atoms with Crippen LogP contribution in [0.4, 0.5) is 0 Å². The predicted octanol–water partition coefficient (Wildman–Crippen LogP) is 12.6. The third kappa shape index (κ3) is 5.75. The van der Waals surface area contributed by atoms with Crippen molar-refractivity contribution in [3.63, 3.8) is 0 Å². The van der Waals surface area contributed by atoms with E-state index in [0.717, 1.165) is 52.7 Å². The van der Waals surface area contributed by atoms with Gasteiger partial charge in [-0.3, -0.25) is 0 Å². The summed E-state index contributed by atoms with van der Waals surface area (Å²) in [4.78, 5) is 0. The molecule has 0 bridgehead atoms. The van der Waals surface area contributed by atoms with Crippen molar-refractivity contribution in [2.45, 2.75) is 38.8 Å². The van der Waals surface area contributed by atoms with Crippen molar-refractivity contribution in [1.29, 1.82) is 0 Å². The van der Waals surface area contributed by atoms with Gasteiger partial charge in [0.2, 0.25) is 0 Å². The zero-order valence-corrected chi connectivity index (χ0v) is 28.1. The molecule has 5 rings (SSSR count). The average molecular weight is 783 g/mol. The Labute approximate surface area is 257 Å². The Morgan fingerprint density at radius 3 is 1.39 bits per heavy atom. The Hall–Kier alpha value is -1.34. The van der Waals surface area contributed by atoms with Gasteiger partial charge < -0.3 is 8.39 Å². The van der Waals surface area contributed by atoms with Gasteiger partial charge in [0, 0.05) is 31.8 Å². The van der Waals surface area contributed by atoms with E-state index in [1.165, 1.54) is 11.1 Å². The lowest BCUT2D eigenvalue weighted by Gasteiger charge is -2.35. The summed E-state index contributed by atoms with van der Waals surface area (Å²) in [6, 6.07) is 29.8. The van der Waals surface area contributed by atoms with Crippen molar-refractivity contribution < 1.29 is 8.39 Å². The number of rotatable bonds is 7. The molecule has 0 unspecified atom stereocenters. The molecule has 0 N–H and O–H groups in total. The minimum absolute atomic E-state index is 0.0842. The minimum atomic E-state index is -1.58. The molecular formula is C30H26Br4NO2P. The van der Waals surface area contributed by atoms with Crippen LogP contribution < -0.4 is 4.67 Å². The first kappa shape index (κ1) is 28.2. The van der Waals surface area contributed by atoms with E-state index in [4.69, 9.17) is 8.39 Å².